The van der Waals surface area contributed by atoms with Gasteiger partial charge < -0.3 is 10.2 Å². The van der Waals surface area contributed by atoms with Gasteiger partial charge in [0.1, 0.15) is 5.82 Å². The molecule has 1 amide bonds. The summed E-state index contributed by atoms with van der Waals surface area (Å²) in [6.45, 7) is 5.27. The molecule has 2 aromatic carbocycles. The fourth-order valence-electron chi connectivity index (χ4n) is 3.84. The zero-order valence-corrected chi connectivity index (χ0v) is 17.1. The topological polar surface area (TPSA) is 97.7 Å². The number of carbonyl (C=O) groups excluding carboxylic acids is 1. The molecule has 1 aliphatic rings. The number of nitriles is 1. The summed E-state index contributed by atoms with van der Waals surface area (Å²) in [5.74, 6) is 1.68. The third-order valence-electron chi connectivity index (χ3n) is 5.62. The molecule has 0 atom stereocenters. The smallest absolute Gasteiger partial charge is 0.253 e. The van der Waals surface area contributed by atoms with Gasteiger partial charge in [-0.3, -0.25) is 9.89 Å². The number of aryl methyl sites for hydroxylation is 2. The number of amides is 1. The average molecular weight is 400 g/mol. The first-order valence-electron chi connectivity index (χ1n) is 10.1. The van der Waals surface area contributed by atoms with E-state index in [1.807, 2.05) is 61.2 Å². The fourth-order valence-corrected chi connectivity index (χ4v) is 3.84. The van der Waals surface area contributed by atoms with Crippen LogP contribution in [0.2, 0.25) is 0 Å². The van der Waals surface area contributed by atoms with Crippen molar-refractivity contribution in [3.8, 4) is 6.07 Å². The van der Waals surface area contributed by atoms with Gasteiger partial charge >= 0.3 is 0 Å². The van der Waals surface area contributed by atoms with Crippen LogP contribution in [0.4, 0.5) is 11.6 Å². The molecule has 2 heterocycles. The van der Waals surface area contributed by atoms with Crippen LogP contribution in [-0.4, -0.2) is 39.1 Å². The Bertz CT molecular complexity index is 1090. The highest BCUT2D eigenvalue weighted by Gasteiger charge is 2.25. The highest BCUT2D eigenvalue weighted by atomic mass is 16.2. The number of piperidine rings is 1. The Morgan fingerprint density at radius 2 is 1.90 bits per heavy atom. The van der Waals surface area contributed by atoms with E-state index in [0.29, 0.717) is 23.0 Å². The molecule has 0 aliphatic carbocycles. The SMILES string of the molecule is Cc1nc(Nc2cc(C(=O)N3CCC(c4ccc(C#N)cc4)CC3)ccc2C)n[nH]1. The molecule has 7 heteroatoms. The number of aromatic nitrogens is 3. The average Bonchev–Trinajstić information content (AvgIpc) is 3.19. The Kier molecular flexibility index (Phi) is 5.48. The molecule has 4 rings (SSSR count). The first-order chi connectivity index (χ1) is 14.5. The van der Waals surface area contributed by atoms with Crippen molar-refractivity contribution in [3.63, 3.8) is 0 Å². The van der Waals surface area contributed by atoms with Gasteiger partial charge in [-0.1, -0.05) is 18.2 Å². The molecule has 1 aromatic heterocycles. The molecule has 152 valence electrons. The van der Waals surface area contributed by atoms with Crippen molar-refractivity contribution < 1.29 is 4.79 Å². The molecule has 0 bridgehead atoms. The Morgan fingerprint density at radius 1 is 1.17 bits per heavy atom. The summed E-state index contributed by atoms with van der Waals surface area (Å²) in [4.78, 5) is 19.3. The molecular weight excluding hydrogens is 376 g/mol. The highest BCUT2D eigenvalue weighted by molar-refractivity contribution is 5.95. The summed E-state index contributed by atoms with van der Waals surface area (Å²) < 4.78 is 0. The lowest BCUT2D eigenvalue weighted by Crippen LogP contribution is -2.37. The quantitative estimate of drug-likeness (QED) is 0.688. The number of hydrogen-bond donors (Lipinski definition) is 2. The van der Waals surface area contributed by atoms with Crippen molar-refractivity contribution in [1.82, 2.24) is 20.1 Å². The number of anilines is 2. The van der Waals surface area contributed by atoms with Crippen LogP contribution < -0.4 is 5.32 Å². The molecule has 0 saturated carbocycles. The number of hydrogen-bond acceptors (Lipinski definition) is 5. The van der Waals surface area contributed by atoms with E-state index in [9.17, 15) is 4.79 Å². The number of likely N-dealkylation sites (tertiary alicyclic amines) is 1. The van der Waals surface area contributed by atoms with Crippen molar-refractivity contribution in [2.45, 2.75) is 32.6 Å². The summed E-state index contributed by atoms with van der Waals surface area (Å²) in [7, 11) is 0. The first-order valence-corrected chi connectivity index (χ1v) is 10.1. The van der Waals surface area contributed by atoms with Gasteiger partial charge in [-0.2, -0.15) is 10.2 Å². The third kappa shape index (κ3) is 4.18. The van der Waals surface area contributed by atoms with E-state index in [-0.39, 0.29) is 5.91 Å². The van der Waals surface area contributed by atoms with E-state index in [1.54, 1.807) is 0 Å². The van der Waals surface area contributed by atoms with E-state index in [1.165, 1.54) is 5.56 Å². The van der Waals surface area contributed by atoms with Crippen LogP contribution in [-0.2, 0) is 0 Å². The molecule has 3 aromatic rings. The number of carbonyl (C=O) groups is 1. The summed E-state index contributed by atoms with van der Waals surface area (Å²) in [6.07, 6.45) is 1.84. The van der Waals surface area contributed by atoms with Gasteiger partial charge in [-0.25, -0.2) is 0 Å². The monoisotopic (exact) mass is 400 g/mol. The van der Waals surface area contributed by atoms with Crippen LogP contribution in [0.5, 0.6) is 0 Å². The summed E-state index contributed by atoms with van der Waals surface area (Å²) in [5.41, 5.74) is 4.42. The predicted octanol–water partition coefficient (Wildman–Crippen LogP) is 4.06. The van der Waals surface area contributed by atoms with Crippen LogP contribution in [0.15, 0.2) is 42.5 Å². The summed E-state index contributed by atoms with van der Waals surface area (Å²) >= 11 is 0. The van der Waals surface area contributed by atoms with Gasteiger partial charge in [-0.05, 0) is 68.0 Å². The molecule has 0 radical (unpaired) electrons. The fraction of sp³-hybridized carbons (Fsp3) is 0.304. The number of rotatable bonds is 4. The van der Waals surface area contributed by atoms with Gasteiger partial charge in [0.15, 0.2) is 0 Å². The Balaban J connectivity index is 1.42. The van der Waals surface area contributed by atoms with Crippen molar-refractivity contribution in [2.75, 3.05) is 18.4 Å². The Hall–Kier alpha value is -3.66. The molecule has 2 N–H and O–H groups in total. The van der Waals surface area contributed by atoms with Gasteiger partial charge in [-0.15, -0.1) is 5.10 Å². The van der Waals surface area contributed by atoms with Crippen molar-refractivity contribution in [3.05, 3.63) is 70.5 Å². The lowest BCUT2D eigenvalue weighted by atomic mass is 9.89. The zero-order valence-electron chi connectivity index (χ0n) is 17.1. The van der Waals surface area contributed by atoms with Crippen LogP contribution in [0.3, 0.4) is 0 Å². The summed E-state index contributed by atoms with van der Waals surface area (Å²) in [6, 6.07) is 15.6. The van der Waals surface area contributed by atoms with Gasteiger partial charge in [0.25, 0.3) is 5.91 Å². The molecule has 0 spiro atoms. The van der Waals surface area contributed by atoms with E-state index in [2.05, 4.69) is 26.6 Å². The molecule has 1 aliphatic heterocycles. The minimum absolute atomic E-state index is 0.0440. The van der Waals surface area contributed by atoms with Crippen LogP contribution >= 0.6 is 0 Å². The van der Waals surface area contributed by atoms with Crippen LogP contribution in [0, 0.1) is 25.2 Å². The third-order valence-corrected chi connectivity index (χ3v) is 5.62. The van der Waals surface area contributed by atoms with Crippen molar-refractivity contribution >= 4 is 17.5 Å². The molecular formula is C23H24N6O. The normalized spacial score (nSPS) is 14.4. The van der Waals surface area contributed by atoms with Crippen LogP contribution in [0.25, 0.3) is 0 Å². The minimum atomic E-state index is 0.0440. The molecule has 30 heavy (non-hydrogen) atoms. The van der Waals surface area contributed by atoms with E-state index in [0.717, 1.165) is 43.0 Å². The number of aromatic amines is 1. The lowest BCUT2D eigenvalue weighted by Gasteiger charge is -2.32. The zero-order chi connectivity index (χ0) is 21.1. The van der Waals surface area contributed by atoms with Gasteiger partial charge in [0, 0.05) is 24.3 Å². The standard InChI is InChI=1S/C23H24N6O/c1-15-3-6-20(13-21(15)26-23-25-16(2)27-28-23)22(30)29-11-9-19(10-12-29)18-7-4-17(14-24)5-8-18/h3-8,13,19H,9-12H2,1-2H3,(H2,25,26,27,28). The maximum atomic E-state index is 13.1. The first kappa shape index (κ1) is 19.6. The second-order valence-corrected chi connectivity index (χ2v) is 7.70. The maximum absolute atomic E-state index is 13.1. The number of H-pyrrole nitrogens is 1. The second kappa shape index (κ2) is 8.37. The van der Waals surface area contributed by atoms with E-state index >= 15 is 0 Å². The van der Waals surface area contributed by atoms with E-state index < -0.39 is 0 Å². The summed E-state index contributed by atoms with van der Waals surface area (Å²) in [5, 5.41) is 19.0. The predicted molar refractivity (Wildman–Crippen MR) is 115 cm³/mol. The maximum Gasteiger partial charge on any atom is 0.253 e. The molecule has 1 fully saturated rings. The van der Waals surface area contributed by atoms with Gasteiger partial charge in [0.2, 0.25) is 5.95 Å². The number of nitrogens with zero attached hydrogens (tertiary/aromatic N) is 4. The largest absolute Gasteiger partial charge is 0.339 e. The minimum Gasteiger partial charge on any atom is -0.339 e. The molecule has 7 nitrogen and oxygen atoms in total. The van der Waals surface area contributed by atoms with Crippen LogP contribution in [0.1, 0.15) is 51.6 Å². The lowest BCUT2D eigenvalue weighted by molar-refractivity contribution is 0.0713. The van der Waals surface area contributed by atoms with Crippen molar-refractivity contribution in [1.29, 1.82) is 5.26 Å². The van der Waals surface area contributed by atoms with Gasteiger partial charge in [0.05, 0.1) is 11.6 Å². The number of nitrogens with one attached hydrogen (secondary N) is 2. The number of benzene rings is 2. The highest BCUT2D eigenvalue weighted by Crippen LogP contribution is 2.29. The molecule has 1 saturated heterocycles. The Morgan fingerprint density at radius 3 is 2.53 bits per heavy atom. The van der Waals surface area contributed by atoms with E-state index in [4.69, 9.17) is 5.26 Å². The van der Waals surface area contributed by atoms with Crippen molar-refractivity contribution in [2.24, 2.45) is 0 Å². The molecule has 0 unspecified atom stereocenters. The second-order valence-electron chi connectivity index (χ2n) is 7.70. The Labute approximate surface area is 175 Å².